The Morgan fingerprint density at radius 2 is 0.520 bits per heavy atom. The van der Waals surface area contributed by atoms with Gasteiger partial charge in [-0.05, 0) is 135 Å². The molecule has 0 aliphatic carbocycles. The normalized spacial score (nSPS) is 14.3. The minimum Gasteiger partial charge on any atom is -0.462 e. The molecule has 0 amide bonds. The lowest BCUT2D eigenvalue weighted by Gasteiger charge is -2.21. The van der Waals surface area contributed by atoms with Crippen LogP contribution in [0.5, 0.6) is 0 Å². The van der Waals surface area contributed by atoms with Crippen LogP contribution in [0, 0.1) is 0 Å². The number of aliphatic hydroxyl groups is 1. The van der Waals surface area contributed by atoms with Crippen molar-refractivity contribution in [3.8, 4) is 0 Å². The molecule has 0 heterocycles. The van der Waals surface area contributed by atoms with Crippen molar-refractivity contribution in [2.45, 2.75) is 367 Å². The highest BCUT2D eigenvalue weighted by atomic mass is 31.2. The second-order valence-corrected chi connectivity index (χ2v) is 29.2. The number of phosphoric ester groups is 2. The van der Waals surface area contributed by atoms with Crippen molar-refractivity contribution in [2.75, 3.05) is 39.6 Å². The van der Waals surface area contributed by atoms with Gasteiger partial charge in [-0.2, -0.15) is 0 Å². The third-order valence-electron chi connectivity index (χ3n) is 16.6. The maximum atomic E-state index is 13.1. The van der Waals surface area contributed by atoms with E-state index in [2.05, 4.69) is 101 Å². The molecule has 0 aliphatic heterocycles. The van der Waals surface area contributed by atoms with E-state index in [0.717, 1.165) is 173 Å². The van der Waals surface area contributed by atoms with Crippen molar-refractivity contribution < 1.29 is 80.2 Å². The highest BCUT2D eigenvalue weighted by Crippen LogP contribution is 2.45. The lowest BCUT2D eigenvalue weighted by atomic mass is 10.1. The van der Waals surface area contributed by atoms with Crippen LogP contribution < -0.4 is 0 Å². The molecule has 0 rings (SSSR count). The van der Waals surface area contributed by atoms with Gasteiger partial charge in [-0.3, -0.25) is 37.3 Å². The predicted molar refractivity (Wildman–Crippen MR) is 400 cm³/mol. The minimum absolute atomic E-state index is 0.0774. The molecule has 98 heavy (non-hydrogen) atoms. The van der Waals surface area contributed by atoms with Gasteiger partial charge in [-0.15, -0.1) is 0 Å². The molecule has 3 N–H and O–H groups in total. The molecule has 0 aromatic carbocycles. The summed E-state index contributed by atoms with van der Waals surface area (Å²) in [5.74, 6) is -2.20. The molecule has 0 fully saturated rings. The maximum absolute atomic E-state index is 13.1. The fourth-order valence-corrected chi connectivity index (χ4v) is 12.2. The van der Waals surface area contributed by atoms with Gasteiger partial charge in [0.05, 0.1) is 26.4 Å². The molecule has 0 aliphatic rings. The number of carbonyl (C=O) groups excluding carboxylic acids is 4. The zero-order valence-corrected chi connectivity index (χ0v) is 64.0. The van der Waals surface area contributed by atoms with Crippen molar-refractivity contribution in [1.82, 2.24) is 0 Å². The number of phosphoric acid groups is 2. The topological polar surface area (TPSA) is 237 Å². The second-order valence-electron chi connectivity index (χ2n) is 26.3. The molecule has 5 atom stereocenters. The van der Waals surface area contributed by atoms with Crippen LogP contribution in [0.25, 0.3) is 0 Å². The number of hydrogen-bond donors (Lipinski definition) is 3. The van der Waals surface area contributed by atoms with Gasteiger partial charge in [0.1, 0.15) is 19.3 Å². The molecule has 5 unspecified atom stereocenters. The number of carbonyl (C=O) groups is 4. The Kier molecular flexibility index (Phi) is 69.3. The number of ether oxygens (including phenoxy) is 4. The molecular formula is C79H142O17P2. The Labute approximate surface area is 596 Å². The number of esters is 4. The Morgan fingerprint density at radius 1 is 0.286 bits per heavy atom. The van der Waals surface area contributed by atoms with Crippen LogP contribution in [-0.4, -0.2) is 96.7 Å². The van der Waals surface area contributed by atoms with Gasteiger partial charge in [0.25, 0.3) is 0 Å². The molecular weight excluding hydrogens is 1280 g/mol. The highest BCUT2D eigenvalue weighted by Gasteiger charge is 2.30. The Hall–Kier alpha value is -3.50. The SMILES string of the molecule is CCC/C=C\C/C=C\CCCCCCCC(=O)OC(COC(=O)CCCCCCC/C=C\C/C=C\CCCCC)COP(=O)(O)OCC(O)COP(=O)(O)OCC(COC(=O)CCCCCCC/C=C\CCCCCCCC)OC(=O)CCCCCCC/C=C\CCCCCCCC. The largest absolute Gasteiger partial charge is 0.472 e. The Morgan fingerprint density at radius 3 is 0.827 bits per heavy atom. The average molecular weight is 1430 g/mol. The third-order valence-corrected chi connectivity index (χ3v) is 18.5. The lowest BCUT2D eigenvalue weighted by molar-refractivity contribution is -0.161. The Bertz CT molecular complexity index is 2140. The van der Waals surface area contributed by atoms with E-state index in [0.29, 0.717) is 25.7 Å². The number of unbranched alkanes of at least 4 members (excludes halogenated alkanes) is 36. The van der Waals surface area contributed by atoms with E-state index in [4.69, 9.17) is 37.0 Å². The number of aliphatic hydroxyl groups excluding tert-OH is 1. The summed E-state index contributed by atoms with van der Waals surface area (Å²) in [7, 11) is -9.95. The van der Waals surface area contributed by atoms with Gasteiger partial charge < -0.3 is 33.8 Å². The summed E-state index contributed by atoms with van der Waals surface area (Å²) in [6.07, 6.45) is 71.7. The van der Waals surface area contributed by atoms with E-state index in [-0.39, 0.29) is 25.7 Å². The molecule has 570 valence electrons. The van der Waals surface area contributed by atoms with Gasteiger partial charge in [0.15, 0.2) is 12.2 Å². The van der Waals surface area contributed by atoms with Crippen LogP contribution >= 0.6 is 15.6 Å². The van der Waals surface area contributed by atoms with Crippen molar-refractivity contribution >= 4 is 39.5 Å². The standard InChI is InChI=1S/C79H142O17P2/c1-5-9-13-17-21-25-29-33-36-40-43-47-51-55-59-63-76(81)89-69-74(95-78(83)65-61-57-53-49-45-39-32-28-24-20-16-12-8-4)71-93-97(85,86)91-67-73(80)68-92-98(87,88)94-72-75(96-79(84)66-62-58-54-50-46-42-38-35-31-27-23-19-15-11-7-3)70-90-77(82)64-60-56-52-48-44-41-37-34-30-26-22-18-14-10-6-2/h16,20-21,25,28,32-38,73-75,80H,5-15,17-19,22-24,26-27,29-31,39-72H2,1-4H3,(H,85,86)(H,87,88)/b20-16-,25-21-,32-28-,36-33-,37-34-,38-35-. The highest BCUT2D eigenvalue weighted by molar-refractivity contribution is 7.47. The monoisotopic (exact) mass is 1420 g/mol. The van der Waals surface area contributed by atoms with Crippen molar-refractivity contribution in [1.29, 1.82) is 0 Å². The van der Waals surface area contributed by atoms with E-state index in [1.54, 1.807) is 0 Å². The number of allylic oxidation sites excluding steroid dienone is 12. The van der Waals surface area contributed by atoms with Crippen LogP contribution in [0.15, 0.2) is 72.9 Å². The van der Waals surface area contributed by atoms with Crippen LogP contribution in [-0.2, 0) is 65.4 Å². The molecule has 0 spiro atoms. The molecule has 0 saturated carbocycles. The van der Waals surface area contributed by atoms with Gasteiger partial charge in [0, 0.05) is 25.7 Å². The summed E-state index contributed by atoms with van der Waals surface area (Å²) >= 11 is 0. The number of hydrogen-bond acceptors (Lipinski definition) is 15. The van der Waals surface area contributed by atoms with E-state index in [1.165, 1.54) is 96.3 Å². The fourth-order valence-electron chi connectivity index (χ4n) is 10.6. The summed E-state index contributed by atoms with van der Waals surface area (Å²) in [5.41, 5.74) is 0. The number of rotatable bonds is 74. The summed E-state index contributed by atoms with van der Waals surface area (Å²) in [6.45, 7) is 4.77. The summed E-state index contributed by atoms with van der Waals surface area (Å²) < 4.78 is 68.5. The molecule has 17 nitrogen and oxygen atoms in total. The fraction of sp³-hybridized carbons (Fsp3) is 0.797. The lowest BCUT2D eigenvalue weighted by Crippen LogP contribution is -2.30. The summed E-state index contributed by atoms with van der Waals surface area (Å²) in [6, 6.07) is 0. The molecule has 0 bridgehead atoms. The van der Waals surface area contributed by atoms with Crippen molar-refractivity contribution in [3.05, 3.63) is 72.9 Å². The Balaban J connectivity index is 5.35. The molecule has 0 aromatic heterocycles. The first-order valence-electron chi connectivity index (χ1n) is 39.2. The van der Waals surface area contributed by atoms with E-state index in [1.807, 2.05) is 0 Å². The molecule has 0 saturated heterocycles. The van der Waals surface area contributed by atoms with Crippen LogP contribution in [0.2, 0.25) is 0 Å². The van der Waals surface area contributed by atoms with Crippen molar-refractivity contribution in [3.63, 3.8) is 0 Å². The minimum atomic E-state index is -4.98. The van der Waals surface area contributed by atoms with E-state index < -0.39 is 97.5 Å². The van der Waals surface area contributed by atoms with E-state index in [9.17, 15) is 43.2 Å². The van der Waals surface area contributed by atoms with Crippen LogP contribution in [0.3, 0.4) is 0 Å². The summed E-state index contributed by atoms with van der Waals surface area (Å²) in [5, 5.41) is 10.6. The van der Waals surface area contributed by atoms with Gasteiger partial charge >= 0.3 is 39.5 Å². The molecule has 19 heteroatoms. The zero-order valence-electron chi connectivity index (χ0n) is 62.2. The van der Waals surface area contributed by atoms with Crippen LogP contribution in [0.1, 0.15) is 349 Å². The molecule has 0 radical (unpaired) electrons. The van der Waals surface area contributed by atoms with Gasteiger partial charge in [-0.1, -0.05) is 261 Å². The zero-order chi connectivity index (χ0) is 71.8. The van der Waals surface area contributed by atoms with Gasteiger partial charge in [0.2, 0.25) is 0 Å². The maximum Gasteiger partial charge on any atom is 0.472 e. The first-order chi connectivity index (χ1) is 47.7. The first-order valence-corrected chi connectivity index (χ1v) is 42.2. The first kappa shape index (κ1) is 94.5. The van der Waals surface area contributed by atoms with Gasteiger partial charge in [-0.25, -0.2) is 9.13 Å². The summed E-state index contributed by atoms with van der Waals surface area (Å²) in [4.78, 5) is 72.9. The van der Waals surface area contributed by atoms with Crippen molar-refractivity contribution in [2.24, 2.45) is 0 Å². The third kappa shape index (κ3) is 70.9. The smallest absolute Gasteiger partial charge is 0.462 e. The van der Waals surface area contributed by atoms with E-state index >= 15 is 0 Å². The predicted octanol–water partition coefficient (Wildman–Crippen LogP) is 22.4. The average Bonchev–Trinajstić information content (AvgIpc) is 1.07. The quantitative estimate of drug-likeness (QED) is 0.0169. The van der Waals surface area contributed by atoms with Crippen LogP contribution in [0.4, 0.5) is 0 Å². The molecule has 0 aromatic rings. The second kappa shape index (κ2) is 71.9.